The monoisotopic (exact) mass is 473 g/mol. The van der Waals surface area contributed by atoms with E-state index in [4.69, 9.17) is 0 Å². The number of carbonyl (C=O) groups is 2. The van der Waals surface area contributed by atoms with E-state index in [2.05, 4.69) is 5.32 Å². The molecule has 1 N–H and O–H groups in total. The molecule has 0 aliphatic carbocycles. The topological polar surface area (TPSA) is 86.8 Å². The summed E-state index contributed by atoms with van der Waals surface area (Å²) in [5, 5.41) is 2.90. The maximum Gasteiger partial charge on any atom is 0.247 e. The third-order valence-electron chi connectivity index (χ3n) is 5.97. The first-order chi connectivity index (χ1) is 15.3. The molecule has 0 saturated carbocycles. The van der Waals surface area contributed by atoms with Crippen LogP contribution in [0.5, 0.6) is 0 Å². The molecule has 170 valence electrons. The van der Waals surface area contributed by atoms with E-state index >= 15 is 0 Å². The second-order valence-electron chi connectivity index (χ2n) is 8.09. The summed E-state index contributed by atoms with van der Waals surface area (Å²) in [5.74, 6) is -0.552. The number of hydrogen-bond donors (Lipinski definition) is 1. The van der Waals surface area contributed by atoms with Crippen molar-refractivity contribution in [2.24, 2.45) is 0 Å². The van der Waals surface area contributed by atoms with Gasteiger partial charge in [-0.2, -0.15) is 4.31 Å². The predicted molar refractivity (Wildman–Crippen MR) is 127 cm³/mol. The van der Waals surface area contributed by atoms with E-state index in [-0.39, 0.29) is 23.1 Å². The molecule has 1 unspecified atom stereocenters. The maximum atomic E-state index is 13.1. The molecule has 0 spiro atoms. The predicted octanol–water partition coefficient (Wildman–Crippen LogP) is 3.50. The maximum absolute atomic E-state index is 13.1. The van der Waals surface area contributed by atoms with Gasteiger partial charge in [0.1, 0.15) is 6.04 Å². The van der Waals surface area contributed by atoms with Crippen LogP contribution in [0.2, 0.25) is 0 Å². The average Bonchev–Trinajstić information content (AvgIpc) is 3.19. The van der Waals surface area contributed by atoms with Crippen LogP contribution in [0.1, 0.15) is 31.7 Å². The van der Waals surface area contributed by atoms with Crippen LogP contribution in [-0.4, -0.2) is 49.9 Å². The summed E-state index contributed by atoms with van der Waals surface area (Å²) < 4.78 is 27.7. The first-order valence-electron chi connectivity index (χ1n) is 10.7. The lowest BCUT2D eigenvalue weighted by atomic mass is 10.1. The number of nitrogens with one attached hydrogen (secondary N) is 1. The normalized spacial score (nSPS) is 18.9. The van der Waals surface area contributed by atoms with Crippen LogP contribution in [0.15, 0.2) is 52.3 Å². The fraction of sp³-hybridized carbons (Fsp3) is 0.391. The van der Waals surface area contributed by atoms with Crippen LogP contribution in [0, 0.1) is 0 Å². The average molecular weight is 474 g/mol. The van der Waals surface area contributed by atoms with E-state index in [0.717, 1.165) is 24.2 Å². The first kappa shape index (κ1) is 22.8. The number of carbonyl (C=O) groups excluding carboxylic acids is 2. The summed E-state index contributed by atoms with van der Waals surface area (Å²) in [6.45, 7) is 2.47. The molecule has 2 aliphatic heterocycles. The number of thioether (sulfide) groups is 1. The number of anilines is 2. The standard InChI is InChI=1S/C23H27N3O4S2/c1-16(27)26-21-10-9-20(32(29,30)25-11-4-3-5-12-25)13-17(21)14-22(26)23(28)24-18-7-6-8-19(15-18)31-2/h6-10,13,15,22H,3-5,11-12,14H2,1-2H3,(H,24,28). The molecule has 2 aromatic carbocycles. The van der Waals surface area contributed by atoms with Crippen molar-refractivity contribution in [3.63, 3.8) is 0 Å². The van der Waals surface area contributed by atoms with E-state index in [1.165, 1.54) is 16.1 Å². The van der Waals surface area contributed by atoms with Crippen LogP contribution in [0.4, 0.5) is 11.4 Å². The van der Waals surface area contributed by atoms with Gasteiger partial charge in [-0.1, -0.05) is 12.5 Å². The Labute approximate surface area is 193 Å². The molecular formula is C23H27N3O4S2. The summed E-state index contributed by atoms with van der Waals surface area (Å²) in [4.78, 5) is 28.2. The second-order valence-corrected chi connectivity index (χ2v) is 10.9. The van der Waals surface area contributed by atoms with Crippen molar-refractivity contribution in [1.29, 1.82) is 0 Å². The van der Waals surface area contributed by atoms with Crippen LogP contribution in [0.3, 0.4) is 0 Å². The summed E-state index contributed by atoms with van der Waals surface area (Å²) in [5.41, 5.74) is 1.94. The Hall–Kier alpha value is -2.36. The summed E-state index contributed by atoms with van der Waals surface area (Å²) in [7, 11) is -3.59. The molecule has 2 aromatic rings. The van der Waals surface area contributed by atoms with Crippen LogP contribution in [0.25, 0.3) is 0 Å². The Morgan fingerprint density at radius 2 is 1.81 bits per heavy atom. The highest BCUT2D eigenvalue weighted by Gasteiger charge is 2.38. The quantitative estimate of drug-likeness (QED) is 0.672. The van der Waals surface area contributed by atoms with Crippen molar-refractivity contribution in [1.82, 2.24) is 4.31 Å². The Morgan fingerprint density at radius 1 is 1.06 bits per heavy atom. The summed E-state index contributed by atoms with van der Waals surface area (Å²) in [6, 6.07) is 11.6. The number of benzene rings is 2. The van der Waals surface area contributed by atoms with Crippen LogP contribution in [-0.2, 0) is 26.0 Å². The number of fused-ring (bicyclic) bond motifs is 1. The minimum Gasteiger partial charge on any atom is -0.324 e. The number of hydrogen-bond acceptors (Lipinski definition) is 5. The van der Waals surface area contributed by atoms with Crippen molar-refractivity contribution in [3.05, 3.63) is 48.0 Å². The smallest absolute Gasteiger partial charge is 0.247 e. The largest absolute Gasteiger partial charge is 0.324 e. The van der Waals surface area contributed by atoms with E-state index in [0.29, 0.717) is 30.0 Å². The molecule has 1 fully saturated rings. The molecule has 2 aliphatic rings. The van der Waals surface area contributed by atoms with Crippen molar-refractivity contribution in [2.75, 3.05) is 29.6 Å². The lowest BCUT2D eigenvalue weighted by molar-refractivity contribution is -0.122. The molecule has 7 nitrogen and oxygen atoms in total. The lowest BCUT2D eigenvalue weighted by Crippen LogP contribution is -2.44. The highest BCUT2D eigenvalue weighted by Crippen LogP contribution is 2.35. The van der Waals surface area contributed by atoms with Gasteiger partial charge >= 0.3 is 0 Å². The van der Waals surface area contributed by atoms with Crippen molar-refractivity contribution in [2.45, 2.75) is 48.4 Å². The number of nitrogens with zero attached hydrogens (tertiary/aromatic N) is 2. The zero-order valence-corrected chi connectivity index (χ0v) is 19.8. The Morgan fingerprint density at radius 3 is 2.50 bits per heavy atom. The van der Waals surface area contributed by atoms with Gasteiger partial charge in [-0.15, -0.1) is 11.8 Å². The van der Waals surface area contributed by atoms with Gasteiger partial charge in [0, 0.05) is 42.7 Å². The molecule has 0 bridgehead atoms. The molecule has 9 heteroatoms. The molecule has 2 heterocycles. The van der Waals surface area contributed by atoms with E-state index in [9.17, 15) is 18.0 Å². The molecule has 1 atom stereocenters. The number of piperidine rings is 1. The minimum absolute atomic E-state index is 0.218. The lowest BCUT2D eigenvalue weighted by Gasteiger charge is -2.26. The van der Waals surface area contributed by atoms with Crippen LogP contribution >= 0.6 is 11.8 Å². The Balaban J connectivity index is 1.60. The number of sulfonamides is 1. The molecule has 2 amide bonds. The highest BCUT2D eigenvalue weighted by atomic mass is 32.2. The SMILES string of the molecule is CSc1cccc(NC(=O)C2Cc3cc(S(=O)(=O)N4CCCCC4)ccc3N2C(C)=O)c1. The van der Waals surface area contributed by atoms with E-state index in [1.54, 1.807) is 36.0 Å². The van der Waals surface area contributed by atoms with Crippen molar-refractivity contribution >= 4 is 45.0 Å². The van der Waals surface area contributed by atoms with Crippen LogP contribution < -0.4 is 10.2 Å². The Bertz CT molecular complexity index is 1140. The summed E-state index contributed by atoms with van der Waals surface area (Å²) >= 11 is 1.58. The zero-order valence-electron chi connectivity index (χ0n) is 18.2. The minimum atomic E-state index is -3.59. The fourth-order valence-electron chi connectivity index (χ4n) is 4.37. The van der Waals surface area contributed by atoms with E-state index < -0.39 is 16.1 Å². The van der Waals surface area contributed by atoms with Gasteiger partial charge in [-0.25, -0.2) is 8.42 Å². The third-order valence-corrected chi connectivity index (χ3v) is 8.59. The molecule has 32 heavy (non-hydrogen) atoms. The molecule has 0 aromatic heterocycles. The summed E-state index contributed by atoms with van der Waals surface area (Å²) in [6.07, 6.45) is 5.00. The van der Waals surface area contributed by atoms with Gasteiger partial charge in [0.25, 0.3) is 0 Å². The van der Waals surface area contributed by atoms with Gasteiger partial charge in [0.2, 0.25) is 21.8 Å². The fourth-order valence-corrected chi connectivity index (χ4v) is 6.40. The zero-order chi connectivity index (χ0) is 22.9. The van der Waals surface area contributed by atoms with Crippen molar-refractivity contribution < 1.29 is 18.0 Å². The first-order valence-corrected chi connectivity index (χ1v) is 13.4. The third kappa shape index (κ3) is 4.42. The molecule has 4 rings (SSSR count). The molecular weight excluding hydrogens is 446 g/mol. The van der Waals surface area contributed by atoms with Gasteiger partial charge in [0.05, 0.1) is 4.90 Å². The number of amides is 2. The van der Waals surface area contributed by atoms with Gasteiger partial charge < -0.3 is 5.32 Å². The van der Waals surface area contributed by atoms with E-state index in [1.807, 2.05) is 24.5 Å². The molecule has 1 saturated heterocycles. The van der Waals surface area contributed by atoms with Gasteiger partial charge in [-0.05, 0) is 61.1 Å². The number of rotatable bonds is 5. The van der Waals surface area contributed by atoms with Gasteiger partial charge in [0.15, 0.2) is 0 Å². The second kappa shape index (κ2) is 9.25. The van der Waals surface area contributed by atoms with Gasteiger partial charge in [-0.3, -0.25) is 14.5 Å². The molecule has 0 radical (unpaired) electrons. The van der Waals surface area contributed by atoms with Crippen molar-refractivity contribution in [3.8, 4) is 0 Å². The Kier molecular flexibility index (Phi) is 6.60. The highest BCUT2D eigenvalue weighted by molar-refractivity contribution is 7.98.